The van der Waals surface area contributed by atoms with Gasteiger partial charge in [0.05, 0.1) is 0 Å². The van der Waals surface area contributed by atoms with Crippen LogP contribution in [0, 0.1) is 13.8 Å². The first-order valence-corrected chi connectivity index (χ1v) is 6.79. The van der Waals surface area contributed by atoms with E-state index >= 15 is 0 Å². The molecule has 1 aromatic carbocycles. The van der Waals surface area contributed by atoms with Crippen LogP contribution in [-0.2, 0) is 0 Å². The fraction of sp³-hybridized carbons (Fsp3) is 0.600. The van der Waals surface area contributed by atoms with E-state index in [2.05, 4.69) is 42.3 Å². The number of hydrogen-bond acceptors (Lipinski definition) is 2. The molecule has 0 spiro atoms. The summed E-state index contributed by atoms with van der Waals surface area (Å²) in [5, 5.41) is 3.55. The Morgan fingerprint density at radius 2 is 1.94 bits per heavy atom. The number of anilines is 1. The fourth-order valence-corrected chi connectivity index (χ4v) is 2.46. The van der Waals surface area contributed by atoms with Gasteiger partial charge < -0.3 is 10.2 Å². The van der Waals surface area contributed by atoms with Crippen LogP contribution in [0.4, 0.5) is 5.69 Å². The Hall–Kier alpha value is -1.02. The number of nitrogens with zero attached hydrogens (tertiary/aromatic N) is 1. The number of likely N-dealkylation sites (tertiary alicyclic amines) is 1. The molecular weight excluding hydrogens is 208 g/mol. The molecule has 0 aliphatic carbocycles. The van der Waals surface area contributed by atoms with E-state index in [4.69, 9.17) is 0 Å². The van der Waals surface area contributed by atoms with Crippen molar-refractivity contribution in [3.8, 4) is 0 Å². The van der Waals surface area contributed by atoms with E-state index in [0.717, 1.165) is 6.54 Å². The van der Waals surface area contributed by atoms with Crippen LogP contribution in [0.3, 0.4) is 0 Å². The van der Waals surface area contributed by atoms with Gasteiger partial charge in [0.2, 0.25) is 0 Å². The van der Waals surface area contributed by atoms with E-state index < -0.39 is 0 Å². The molecule has 2 rings (SSSR count). The van der Waals surface area contributed by atoms with Gasteiger partial charge in [-0.15, -0.1) is 0 Å². The minimum Gasteiger partial charge on any atom is -0.385 e. The second-order valence-corrected chi connectivity index (χ2v) is 5.15. The summed E-state index contributed by atoms with van der Waals surface area (Å²) in [6.45, 7) is 9.27. The molecule has 0 unspecified atom stereocenters. The van der Waals surface area contributed by atoms with E-state index in [1.54, 1.807) is 0 Å². The lowest BCUT2D eigenvalue weighted by Crippen LogP contribution is -2.22. The second kappa shape index (κ2) is 6.06. The topological polar surface area (TPSA) is 15.3 Å². The minimum absolute atomic E-state index is 1.08. The van der Waals surface area contributed by atoms with Crippen molar-refractivity contribution in [3.05, 3.63) is 29.3 Å². The molecular formula is C15H24N2. The second-order valence-electron chi connectivity index (χ2n) is 5.15. The molecule has 0 saturated carbocycles. The molecule has 1 saturated heterocycles. The fourth-order valence-electron chi connectivity index (χ4n) is 2.46. The standard InChI is InChI=1S/C15H24N2/c1-13-6-7-14(2)15(12-13)16-8-5-11-17-9-3-4-10-17/h6-7,12,16H,3-5,8-11H2,1-2H3. The Bertz CT molecular complexity index is 354. The average molecular weight is 232 g/mol. The summed E-state index contributed by atoms with van der Waals surface area (Å²) in [7, 11) is 0. The number of hydrogen-bond donors (Lipinski definition) is 1. The Morgan fingerprint density at radius 1 is 1.18 bits per heavy atom. The van der Waals surface area contributed by atoms with E-state index in [-0.39, 0.29) is 0 Å². The highest BCUT2D eigenvalue weighted by Crippen LogP contribution is 2.16. The molecule has 1 aliphatic rings. The van der Waals surface area contributed by atoms with Gasteiger partial charge in [0, 0.05) is 12.2 Å². The first-order valence-electron chi connectivity index (χ1n) is 6.79. The van der Waals surface area contributed by atoms with Gasteiger partial charge in [-0.05, 0) is 69.9 Å². The first-order chi connectivity index (χ1) is 8.25. The van der Waals surface area contributed by atoms with Crippen molar-refractivity contribution in [2.24, 2.45) is 0 Å². The highest BCUT2D eigenvalue weighted by atomic mass is 15.1. The predicted octanol–water partition coefficient (Wildman–Crippen LogP) is 3.20. The van der Waals surface area contributed by atoms with Crippen LogP contribution >= 0.6 is 0 Å². The molecule has 0 bridgehead atoms. The molecule has 0 radical (unpaired) electrons. The van der Waals surface area contributed by atoms with E-state index in [1.807, 2.05) is 0 Å². The number of benzene rings is 1. The maximum atomic E-state index is 3.55. The van der Waals surface area contributed by atoms with Gasteiger partial charge in [-0.3, -0.25) is 0 Å². The average Bonchev–Trinajstić information content (AvgIpc) is 2.82. The Balaban J connectivity index is 1.72. The van der Waals surface area contributed by atoms with Crippen LogP contribution in [0.1, 0.15) is 30.4 Å². The minimum atomic E-state index is 1.08. The first kappa shape index (κ1) is 12.4. The third-order valence-corrected chi connectivity index (χ3v) is 3.56. The molecule has 94 valence electrons. The molecule has 1 N–H and O–H groups in total. The van der Waals surface area contributed by atoms with Crippen molar-refractivity contribution in [2.75, 3.05) is 31.5 Å². The lowest BCUT2D eigenvalue weighted by molar-refractivity contribution is 0.337. The maximum Gasteiger partial charge on any atom is 0.0372 e. The van der Waals surface area contributed by atoms with Gasteiger partial charge in [-0.2, -0.15) is 0 Å². The van der Waals surface area contributed by atoms with Crippen molar-refractivity contribution in [2.45, 2.75) is 33.1 Å². The van der Waals surface area contributed by atoms with Crippen molar-refractivity contribution >= 4 is 5.69 Å². The quantitative estimate of drug-likeness (QED) is 0.784. The molecule has 0 atom stereocenters. The maximum absolute atomic E-state index is 3.55. The van der Waals surface area contributed by atoms with Crippen LogP contribution in [0.2, 0.25) is 0 Å². The van der Waals surface area contributed by atoms with Gasteiger partial charge in [-0.1, -0.05) is 12.1 Å². The van der Waals surface area contributed by atoms with Gasteiger partial charge in [-0.25, -0.2) is 0 Å². The molecule has 17 heavy (non-hydrogen) atoms. The van der Waals surface area contributed by atoms with Crippen LogP contribution < -0.4 is 5.32 Å². The summed E-state index contributed by atoms with van der Waals surface area (Å²) < 4.78 is 0. The third-order valence-electron chi connectivity index (χ3n) is 3.56. The molecule has 1 aliphatic heterocycles. The highest BCUT2D eigenvalue weighted by molar-refractivity contribution is 5.52. The van der Waals surface area contributed by atoms with Gasteiger partial charge in [0.1, 0.15) is 0 Å². The van der Waals surface area contributed by atoms with Crippen molar-refractivity contribution in [3.63, 3.8) is 0 Å². The molecule has 0 amide bonds. The zero-order valence-electron chi connectivity index (χ0n) is 11.1. The van der Waals surface area contributed by atoms with Crippen LogP contribution in [0.25, 0.3) is 0 Å². The molecule has 1 fully saturated rings. The summed E-state index contributed by atoms with van der Waals surface area (Å²) in [4.78, 5) is 2.57. The largest absolute Gasteiger partial charge is 0.385 e. The molecule has 1 aromatic rings. The van der Waals surface area contributed by atoms with Crippen molar-refractivity contribution < 1.29 is 0 Å². The van der Waals surface area contributed by atoms with Crippen molar-refractivity contribution in [1.82, 2.24) is 4.90 Å². The summed E-state index contributed by atoms with van der Waals surface area (Å²) in [5.74, 6) is 0. The SMILES string of the molecule is Cc1ccc(C)c(NCCCN2CCCC2)c1. The smallest absolute Gasteiger partial charge is 0.0372 e. The van der Waals surface area contributed by atoms with Gasteiger partial charge >= 0.3 is 0 Å². The Morgan fingerprint density at radius 3 is 2.71 bits per heavy atom. The zero-order chi connectivity index (χ0) is 12.1. The number of aryl methyl sites for hydroxylation is 2. The summed E-state index contributed by atoms with van der Waals surface area (Å²) in [6, 6.07) is 6.61. The van der Waals surface area contributed by atoms with Gasteiger partial charge in [0.25, 0.3) is 0 Å². The molecule has 0 aromatic heterocycles. The van der Waals surface area contributed by atoms with Crippen LogP contribution in [-0.4, -0.2) is 31.1 Å². The monoisotopic (exact) mass is 232 g/mol. The van der Waals surface area contributed by atoms with Crippen LogP contribution in [0.5, 0.6) is 0 Å². The molecule has 1 heterocycles. The van der Waals surface area contributed by atoms with Crippen LogP contribution in [0.15, 0.2) is 18.2 Å². The molecule has 2 nitrogen and oxygen atoms in total. The number of nitrogens with one attached hydrogen (secondary N) is 1. The zero-order valence-corrected chi connectivity index (χ0v) is 11.1. The normalized spacial score (nSPS) is 16.4. The predicted molar refractivity (Wildman–Crippen MR) is 74.7 cm³/mol. The third kappa shape index (κ3) is 3.74. The summed E-state index contributed by atoms with van der Waals surface area (Å²) in [6.07, 6.45) is 4.03. The van der Waals surface area contributed by atoms with E-state index in [0.29, 0.717) is 0 Å². The number of rotatable bonds is 5. The summed E-state index contributed by atoms with van der Waals surface area (Å²) in [5.41, 5.74) is 3.97. The highest BCUT2D eigenvalue weighted by Gasteiger charge is 2.10. The lowest BCUT2D eigenvalue weighted by Gasteiger charge is -2.15. The van der Waals surface area contributed by atoms with Crippen molar-refractivity contribution in [1.29, 1.82) is 0 Å². The van der Waals surface area contributed by atoms with E-state index in [9.17, 15) is 0 Å². The Labute approximate surface area is 105 Å². The summed E-state index contributed by atoms with van der Waals surface area (Å²) >= 11 is 0. The van der Waals surface area contributed by atoms with Gasteiger partial charge in [0.15, 0.2) is 0 Å². The van der Waals surface area contributed by atoms with E-state index in [1.165, 1.54) is 55.7 Å². The molecule has 2 heteroatoms. The lowest BCUT2D eigenvalue weighted by atomic mass is 10.1. The Kier molecular flexibility index (Phi) is 4.43.